The van der Waals surface area contributed by atoms with Crippen LogP contribution in [-0.4, -0.2) is 24.2 Å². The van der Waals surface area contributed by atoms with Crippen LogP contribution in [0.1, 0.15) is 11.1 Å². The van der Waals surface area contributed by atoms with Crippen molar-refractivity contribution in [1.29, 1.82) is 0 Å². The fraction of sp³-hybridized carbons (Fsp3) is 0.364. The summed E-state index contributed by atoms with van der Waals surface area (Å²) in [5.74, 6) is -0.315. The van der Waals surface area contributed by atoms with Gasteiger partial charge in [-0.2, -0.15) is 0 Å². The molecule has 0 fully saturated rings. The maximum Gasteiger partial charge on any atom is 0.320 e. The third-order valence-corrected chi connectivity index (χ3v) is 2.20. The Morgan fingerprint density at radius 3 is 2.80 bits per heavy atom. The van der Waals surface area contributed by atoms with Gasteiger partial charge < -0.3 is 15.6 Å². The lowest BCUT2D eigenvalue weighted by molar-refractivity contribution is -0.138. The molecule has 0 heterocycles. The van der Waals surface area contributed by atoms with Gasteiger partial charge in [0.25, 0.3) is 0 Å². The van der Waals surface area contributed by atoms with Crippen LogP contribution in [0.4, 0.5) is 0 Å². The molecular weight excluding hydrogens is 194 g/mol. The van der Waals surface area contributed by atoms with Gasteiger partial charge >= 0.3 is 5.97 Å². The van der Waals surface area contributed by atoms with Crippen molar-refractivity contribution in [2.24, 2.45) is 5.73 Å². The third-order valence-electron chi connectivity index (χ3n) is 2.20. The van der Waals surface area contributed by atoms with E-state index in [0.717, 1.165) is 11.1 Å². The minimum absolute atomic E-state index is 0.277. The Hall–Kier alpha value is -1.55. The molecule has 0 radical (unpaired) electrons. The molecule has 4 nitrogen and oxygen atoms in total. The molecule has 0 bridgehead atoms. The van der Waals surface area contributed by atoms with Gasteiger partial charge in [0, 0.05) is 6.42 Å². The van der Waals surface area contributed by atoms with Gasteiger partial charge in [0.2, 0.25) is 0 Å². The van der Waals surface area contributed by atoms with Crippen LogP contribution < -0.4 is 10.5 Å². The summed E-state index contributed by atoms with van der Waals surface area (Å²) in [5.41, 5.74) is 7.34. The number of ether oxygens (including phenoxy) is 1. The van der Waals surface area contributed by atoms with Gasteiger partial charge in [0.15, 0.2) is 0 Å². The van der Waals surface area contributed by atoms with Gasteiger partial charge in [-0.15, -0.1) is 0 Å². The van der Waals surface area contributed by atoms with Crippen LogP contribution in [0.25, 0.3) is 0 Å². The molecule has 0 saturated heterocycles. The number of methoxy groups -OCH3 is 1. The van der Waals surface area contributed by atoms with Crippen LogP contribution in [-0.2, 0) is 11.2 Å². The molecular formula is C11H15NO3. The summed E-state index contributed by atoms with van der Waals surface area (Å²) in [4.78, 5) is 10.6. The number of nitrogens with two attached hydrogens (primary N) is 1. The van der Waals surface area contributed by atoms with Gasteiger partial charge in [-0.3, -0.25) is 4.79 Å². The van der Waals surface area contributed by atoms with E-state index in [0.29, 0.717) is 5.75 Å². The smallest absolute Gasteiger partial charge is 0.320 e. The fourth-order valence-electron chi connectivity index (χ4n) is 1.34. The van der Waals surface area contributed by atoms with Crippen molar-refractivity contribution in [3.63, 3.8) is 0 Å². The first kappa shape index (κ1) is 11.5. The lowest BCUT2D eigenvalue weighted by atomic mass is 10.0. The van der Waals surface area contributed by atoms with Crippen LogP contribution in [0.2, 0.25) is 0 Å². The van der Waals surface area contributed by atoms with Gasteiger partial charge in [0.05, 0.1) is 7.11 Å². The van der Waals surface area contributed by atoms with E-state index in [9.17, 15) is 4.79 Å². The molecule has 15 heavy (non-hydrogen) atoms. The molecule has 1 rings (SSSR count). The number of carboxylic acid groups (broad SMARTS) is 1. The number of aliphatic carboxylic acids is 1. The van der Waals surface area contributed by atoms with E-state index in [2.05, 4.69) is 0 Å². The molecule has 4 heteroatoms. The molecule has 0 amide bonds. The Morgan fingerprint density at radius 1 is 1.60 bits per heavy atom. The van der Waals surface area contributed by atoms with E-state index < -0.39 is 12.0 Å². The van der Waals surface area contributed by atoms with Crippen LogP contribution in [0.5, 0.6) is 5.75 Å². The molecule has 0 aliphatic rings. The Balaban J connectivity index is 2.89. The monoisotopic (exact) mass is 209 g/mol. The van der Waals surface area contributed by atoms with Crippen molar-refractivity contribution in [3.8, 4) is 5.75 Å². The van der Waals surface area contributed by atoms with Gasteiger partial charge in [0.1, 0.15) is 11.8 Å². The summed E-state index contributed by atoms with van der Waals surface area (Å²) in [7, 11) is 1.56. The Kier molecular flexibility index (Phi) is 3.68. The number of rotatable bonds is 4. The van der Waals surface area contributed by atoms with Gasteiger partial charge in [-0.1, -0.05) is 12.1 Å². The summed E-state index contributed by atoms with van der Waals surface area (Å²) >= 11 is 0. The minimum atomic E-state index is -1.00. The summed E-state index contributed by atoms with van der Waals surface area (Å²) in [6, 6.07) is 4.73. The summed E-state index contributed by atoms with van der Waals surface area (Å²) < 4.78 is 5.16. The van der Waals surface area contributed by atoms with Gasteiger partial charge in [-0.25, -0.2) is 0 Å². The van der Waals surface area contributed by atoms with E-state index in [1.165, 1.54) is 0 Å². The molecule has 1 unspecified atom stereocenters. The number of carboxylic acids is 1. The zero-order valence-corrected chi connectivity index (χ0v) is 8.86. The number of aryl methyl sites for hydroxylation is 1. The maximum atomic E-state index is 10.6. The molecule has 1 atom stereocenters. The number of hydrogen-bond acceptors (Lipinski definition) is 3. The van der Waals surface area contributed by atoms with E-state index >= 15 is 0 Å². The van der Waals surface area contributed by atoms with Crippen molar-refractivity contribution in [2.75, 3.05) is 7.11 Å². The molecule has 1 aromatic rings. The second-order valence-electron chi connectivity index (χ2n) is 3.46. The van der Waals surface area contributed by atoms with E-state index in [-0.39, 0.29) is 6.42 Å². The first-order chi connectivity index (χ1) is 7.04. The van der Waals surface area contributed by atoms with Crippen molar-refractivity contribution in [1.82, 2.24) is 0 Å². The Labute approximate surface area is 88.7 Å². The second-order valence-corrected chi connectivity index (χ2v) is 3.46. The highest BCUT2D eigenvalue weighted by Crippen LogP contribution is 2.20. The van der Waals surface area contributed by atoms with Crippen LogP contribution in [0.15, 0.2) is 18.2 Å². The van der Waals surface area contributed by atoms with Crippen LogP contribution >= 0.6 is 0 Å². The number of hydrogen-bond donors (Lipinski definition) is 2. The van der Waals surface area contributed by atoms with Crippen LogP contribution in [0, 0.1) is 6.92 Å². The van der Waals surface area contributed by atoms with Crippen molar-refractivity contribution < 1.29 is 14.6 Å². The molecule has 0 aromatic heterocycles. The second kappa shape index (κ2) is 4.79. The Bertz CT molecular complexity index is 363. The topological polar surface area (TPSA) is 72.5 Å². The molecule has 0 spiro atoms. The summed E-state index contributed by atoms with van der Waals surface area (Å²) in [6.45, 7) is 1.95. The van der Waals surface area contributed by atoms with E-state index in [1.54, 1.807) is 7.11 Å². The molecule has 0 aliphatic carbocycles. The average Bonchev–Trinajstić information content (AvgIpc) is 2.20. The largest absolute Gasteiger partial charge is 0.496 e. The number of carbonyl (C=O) groups is 1. The highest BCUT2D eigenvalue weighted by atomic mass is 16.5. The standard InChI is InChI=1S/C11H15NO3/c1-7-3-4-8(10(5-7)15-2)6-9(12)11(13)14/h3-5,9H,6,12H2,1-2H3,(H,13,14). The molecule has 1 aromatic carbocycles. The predicted molar refractivity (Wildman–Crippen MR) is 57.0 cm³/mol. The third kappa shape index (κ3) is 2.95. The lowest BCUT2D eigenvalue weighted by Crippen LogP contribution is -2.32. The zero-order valence-electron chi connectivity index (χ0n) is 8.86. The van der Waals surface area contributed by atoms with Crippen molar-refractivity contribution in [3.05, 3.63) is 29.3 Å². The molecule has 82 valence electrons. The normalized spacial score (nSPS) is 12.2. The van der Waals surface area contributed by atoms with Crippen molar-refractivity contribution in [2.45, 2.75) is 19.4 Å². The minimum Gasteiger partial charge on any atom is -0.496 e. The van der Waals surface area contributed by atoms with E-state index in [4.69, 9.17) is 15.6 Å². The Morgan fingerprint density at radius 2 is 2.27 bits per heavy atom. The quantitative estimate of drug-likeness (QED) is 0.774. The highest BCUT2D eigenvalue weighted by molar-refractivity contribution is 5.73. The number of benzene rings is 1. The van der Waals surface area contributed by atoms with Crippen molar-refractivity contribution >= 4 is 5.97 Å². The zero-order chi connectivity index (χ0) is 11.4. The molecule has 3 N–H and O–H groups in total. The van der Waals surface area contributed by atoms with Gasteiger partial charge in [-0.05, 0) is 24.1 Å². The molecule has 0 saturated carbocycles. The molecule has 0 aliphatic heterocycles. The predicted octanol–water partition coefficient (Wildman–Crippen LogP) is 0.958. The summed E-state index contributed by atoms with van der Waals surface area (Å²) in [5, 5.41) is 8.70. The SMILES string of the molecule is COc1cc(C)ccc1CC(N)C(=O)O. The van der Waals surface area contributed by atoms with E-state index in [1.807, 2.05) is 25.1 Å². The first-order valence-electron chi connectivity index (χ1n) is 4.66. The summed E-state index contributed by atoms with van der Waals surface area (Å²) in [6.07, 6.45) is 0.277. The average molecular weight is 209 g/mol. The first-order valence-corrected chi connectivity index (χ1v) is 4.66. The fourth-order valence-corrected chi connectivity index (χ4v) is 1.34. The highest BCUT2D eigenvalue weighted by Gasteiger charge is 2.14. The maximum absolute atomic E-state index is 10.6. The van der Waals surface area contributed by atoms with Crippen LogP contribution in [0.3, 0.4) is 0 Å². The lowest BCUT2D eigenvalue weighted by Gasteiger charge is -2.11.